The topological polar surface area (TPSA) is 77.2 Å². The minimum absolute atomic E-state index is 0.00204. The summed E-state index contributed by atoms with van der Waals surface area (Å²) in [6.07, 6.45) is 0. The first-order chi connectivity index (χ1) is 6.36. The first-order valence-corrected chi connectivity index (χ1v) is 7.28. The maximum Gasteiger partial charge on any atom is 0.239 e. The summed E-state index contributed by atoms with van der Waals surface area (Å²) in [5, 5.41) is 5.02. The van der Waals surface area contributed by atoms with E-state index in [9.17, 15) is 11.5 Å². The lowest BCUT2D eigenvalue weighted by atomic mass is 10.2. The molecule has 4 nitrogen and oxygen atoms in total. The number of hydrogen-bond donors (Lipinski definition) is 1. The van der Waals surface area contributed by atoms with Gasteiger partial charge in [-0.3, -0.25) is 3.07 Å². The quantitative estimate of drug-likeness (QED) is 0.835. The highest BCUT2D eigenvalue weighted by molar-refractivity contribution is 14.1. The third-order valence-corrected chi connectivity index (χ3v) is 4.92. The van der Waals surface area contributed by atoms with Crippen LogP contribution in [-0.2, 0) is 13.1 Å². The Labute approximate surface area is 93.2 Å². The summed E-state index contributed by atoms with van der Waals surface area (Å²) in [6.45, 7) is 3.50. The summed E-state index contributed by atoms with van der Waals surface area (Å²) in [5.41, 5.74) is 1.52. The molecule has 1 aromatic rings. The molecule has 0 saturated heterocycles. The minimum Gasteiger partial charge on any atom is -0.265 e. The number of hydrogen-bond acceptors (Lipinski definition) is 3. The average molecular weight is 327 g/mol. The largest absolute Gasteiger partial charge is 0.265 e. The molecule has 6 heteroatoms. The summed E-state index contributed by atoms with van der Waals surface area (Å²) >= 11 is -1.52. The van der Waals surface area contributed by atoms with Crippen LogP contribution in [0, 0.1) is 17.4 Å². The molecule has 0 bridgehead atoms. The molecule has 0 atom stereocenters. The van der Waals surface area contributed by atoms with E-state index in [0.29, 0.717) is 3.57 Å². The molecule has 0 unspecified atom stereocenters. The van der Waals surface area contributed by atoms with E-state index in [1.54, 1.807) is 19.9 Å². The van der Waals surface area contributed by atoms with Crippen molar-refractivity contribution in [2.45, 2.75) is 18.7 Å². The van der Waals surface area contributed by atoms with Crippen LogP contribution in [0.4, 0.5) is 0 Å². The summed E-state index contributed by atoms with van der Waals surface area (Å²) in [5.74, 6) is 0. The molecule has 0 amide bonds. The van der Waals surface area contributed by atoms with Crippen molar-refractivity contribution in [3.05, 3.63) is 26.8 Å². The Hall–Kier alpha value is -0.340. The van der Waals surface area contributed by atoms with Gasteiger partial charge < -0.3 is 0 Å². The maximum absolute atomic E-state index is 11.2. The minimum atomic E-state index is -3.76. The molecule has 0 aliphatic rings. The molecule has 0 aliphatic carbocycles. The van der Waals surface area contributed by atoms with Crippen LogP contribution in [0.25, 0.3) is 0 Å². The molecule has 0 spiro atoms. The van der Waals surface area contributed by atoms with E-state index in [2.05, 4.69) is 0 Å². The van der Waals surface area contributed by atoms with E-state index in [4.69, 9.17) is 5.14 Å². The van der Waals surface area contributed by atoms with Gasteiger partial charge in [-0.1, -0.05) is 6.07 Å². The van der Waals surface area contributed by atoms with Crippen molar-refractivity contribution in [2.24, 2.45) is 5.14 Å². The lowest BCUT2D eigenvalue weighted by Gasteiger charge is -2.05. The van der Waals surface area contributed by atoms with Gasteiger partial charge in [0.25, 0.3) is 0 Å². The van der Waals surface area contributed by atoms with Crippen molar-refractivity contribution in [2.75, 3.05) is 0 Å². The average Bonchev–Trinajstić information content (AvgIpc) is 2.01. The third-order valence-electron chi connectivity index (χ3n) is 1.75. The van der Waals surface area contributed by atoms with Crippen LogP contribution in [0.1, 0.15) is 11.1 Å². The van der Waals surface area contributed by atoms with E-state index < -0.39 is 31.2 Å². The molecular weight excluding hydrogens is 317 g/mol. The smallest absolute Gasteiger partial charge is 0.239 e. The fourth-order valence-electron chi connectivity index (χ4n) is 1.22. The number of nitrogens with two attached hydrogens (primary N) is 1. The highest BCUT2D eigenvalue weighted by Crippen LogP contribution is 2.25. The molecule has 0 aromatic heterocycles. The van der Waals surface area contributed by atoms with E-state index in [1.165, 1.54) is 6.07 Å². The van der Waals surface area contributed by atoms with Gasteiger partial charge in [-0.25, -0.2) is 13.6 Å². The Kier molecular flexibility index (Phi) is 3.38. The molecule has 78 valence electrons. The molecule has 14 heavy (non-hydrogen) atoms. The van der Waals surface area contributed by atoms with Crippen molar-refractivity contribution in [1.29, 1.82) is 0 Å². The van der Waals surface area contributed by atoms with Crippen molar-refractivity contribution in [1.82, 2.24) is 0 Å². The zero-order valence-electron chi connectivity index (χ0n) is 7.74. The van der Waals surface area contributed by atoms with Gasteiger partial charge in [-0.15, -0.1) is 0 Å². The van der Waals surface area contributed by atoms with Crippen LogP contribution in [0.5, 0.6) is 0 Å². The molecular formula is C8H10INO3S. The molecule has 0 saturated carbocycles. The third kappa shape index (κ3) is 2.37. The van der Waals surface area contributed by atoms with Gasteiger partial charge in [0.1, 0.15) is 0 Å². The van der Waals surface area contributed by atoms with Crippen LogP contribution in [0.2, 0.25) is 0 Å². The molecule has 1 aromatic carbocycles. The van der Waals surface area contributed by atoms with Gasteiger partial charge in [0.15, 0.2) is 21.2 Å². The van der Waals surface area contributed by atoms with Crippen molar-refractivity contribution >= 4 is 31.2 Å². The van der Waals surface area contributed by atoms with Gasteiger partial charge >= 0.3 is 0 Å². The number of rotatable bonds is 2. The van der Waals surface area contributed by atoms with Gasteiger partial charge in [-0.05, 0) is 31.0 Å². The van der Waals surface area contributed by atoms with Crippen LogP contribution in [-0.4, -0.2) is 8.42 Å². The zero-order chi connectivity index (χ0) is 10.9. The lowest BCUT2D eigenvalue weighted by Crippen LogP contribution is -2.14. The first-order valence-electron chi connectivity index (χ1n) is 3.77. The predicted molar refractivity (Wildman–Crippen MR) is 60.7 cm³/mol. The SMILES string of the molecule is Cc1cc(C)c(I=O)c(S(N)(=O)=O)c1. The van der Waals surface area contributed by atoms with Gasteiger partial charge in [0.2, 0.25) is 10.0 Å². The van der Waals surface area contributed by atoms with Gasteiger partial charge in [-0.2, -0.15) is 0 Å². The number of primary sulfonamides is 1. The Morgan fingerprint density at radius 3 is 2.29 bits per heavy atom. The standard InChI is InChI=1S/C8H10INO3S/c1-5-3-6(2)8(9-11)7(4-5)14(10,12)13/h3-4H,1-2H3,(H2,10,12,13). The monoisotopic (exact) mass is 327 g/mol. The lowest BCUT2D eigenvalue weighted by molar-refractivity contribution is 0.596. The summed E-state index contributed by atoms with van der Waals surface area (Å²) in [6, 6.07) is 3.25. The number of halogens is 1. The van der Waals surface area contributed by atoms with Crippen molar-refractivity contribution in [3.63, 3.8) is 0 Å². The predicted octanol–water partition coefficient (Wildman–Crippen LogP) is 1.44. The molecule has 0 heterocycles. The van der Waals surface area contributed by atoms with Gasteiger partial charge in [0, 0.05) is 0 Å². The molecule has 0 radical (unpaired) electrons. The van der Waals surface area contributed by atoms with Crippen molar-refractivity contribution < 1.29 is 11.5 Å². The highest BCUT2D eigenvalue weighted by Gasteiger charge is 2.16. The number of aryl methyl sites for hydroxylation is 2. The fourth-order valence-corrected chi connectivity index (χ4v) is 3.99. The summed E-state index contributed by atoms with van der Waals surface area (Å²) in [7, 11) is -3.76. The Bertz CT molecular complexity index is 482. The van der Waals surface area contributed by atoms with E-state index in [-0.39, 0.29) is 4.90 Å². The van der Waals surface area contributed by atoms with Crippen LogP contribution < -0.4 is 5.14 Å². The first kappa shape index (κ1) is 11.7. The Morgan fingerprint density at radius 2 is 1.86 bits per heavy atom. The normalized spacial score (nSPS) is 11.6. The van der Waals surface area contributed by atoms with Crippen molar-refractivity contribution in [3.8, 4) is 0 Å². The van der Waals surface area contributed by atoms with Gasteiger partial charge in [0.05, 0.1) is 8.47 Å². The number of sulfonamides is 1. The number of benzene rings is 1. The van der Waals surface area contributed by atoms with E-state index in [1.807, 2.05) is 0 Å². The summed E-state index contributed by atoms with van der Waals surface area (Å²) < 4.78 is 33.6. The molecule has 2 N–H and O–H groups in total. The zero-order valence-corrected chi connectivity index (χ0v) is 10.7. The second-order valence-electron chi connectivity index (χ2n) is 3.02. The second kappa shape index (κ2) is 4.03. The molecule has 0 fully saturated rings. The maximum atomic E-state index is 11.2. The Balaban J connectivity index is 3.65. The molecule has 1 rings (SSSR count). The summed E-state index contributed by atoms with van der Waals surface area (Å²) in [4.78, 5) is -0.00204. The van der Waals surface area contributed by atoms with Crippen LogP contribution in [0.3, 0.4) is 0 Å². The highest BCUT2D eigenvalue weighted by atomic mass is 127. The molecule has 0 aliphatic heterocycles. The van der Waals surface area contributed by atoms with Crippen LogP contribution in [0.15, 0.2) is 17.0 Å². The van der Waals surface area contributed by atoms with Crippen LogP contribution >= 0.6 is 21.2 Å². The second-order valence-corrected chi connectivity index (χ2v) is 6.07. The fraction of sp³-hybridized carbons (Fsp3) is 0.250. The Morgan fingerprint density at radius 1 is 1.29 bits per heavy atom. The van der Waals surface area contributed by atoms with E-state index >= 15 is 0 Å². The van der Waals surface area contributed by atoms with E-state index in [0.717, 1.165) is 11.1 Å².